The van der Waals surface area contributed by atoms with Crippen LogP contribution in [0.5, 0.6) is 0 Å². The first-order valence-electron chi connectivity index (χ1n) is 3.17. The molecule has 0 aromatic heterocycles. The number of allylic oxidation sites excluding steroid dienone is 1. The van der Waals surface area contributed by atoms with Gasteiger partial charge in [-0.05, 0) is 6.92 Å². The van der Waals surface area contributed by atoms with Crippen LogP contribution >= 0.6 is 0 Å². The smallest absolute Gasteiger partial charge is 0.452 e. The summed E-state index contributed by atoms with van der Waals surface area (Å²) in [6.07, 6.45) is -11.7. The average Bonchev–Trinajstić information content (AvgIpc) is 1.95. The summed E-state index contributed by atoms with van der Waals surface area (Å²) < 4.78 is 85.5. The number of rotatable bonds is 2. The molecule has 0 aliphatic heterocycles. The number of alkyl halides is 7. The van der Waals surface area contributed by atoms with Gasteiger partial charge in [0.2, 0.25) is 0 Å². The normalized spacial score (nSPS) is 14.9. The Hall–Kier alpha value is -0.950. The van der Waals surface area contributed by atoms with Gasteiger partial charge in [-0.2, -0.15) is 30.7 Å². The van der Waals surface area contributed by atoms with Crippen LogP contribution in [0.4, 0.5) is 30.7 Å². The molecule has 0 aromatic rings. The van der Waals surface area contributed by atoms with Crippen molar-refractivity contribution in [1.29, 1.82) is 0 Å². The first-order valence-corrected chi connectivity index (χ1v) is 3.17. The molecule has 0 spiro atoms. The molecule has 0 radical (unpaired) electrons. The third-order valence-electron chi connectivity index (χ3n) is 1.10. The number of halogens is 7. The van der Waals surface area contributed by atoms with Crippen molar-refractivity contribution >= 4 is 0 Å². The summed E-state index contributed by atoms with van der Waals surface area (Å²) in [6, 6.07) is 0. The van der Waals surface area contributed by atoms with Gasteiger partial charge in [0.25, 0.3) is 0 Å². The van der Waals surface area contributed by atoms with E-state index in [2.05, 4.69) is 4.74 Å². The Balaban J connectivity index is 5.07. The van der Waals surface area contributed by atoms with Crippen LogP contribution in [0.15, 0.2) is 12.3 Å². The van der Waals surface area contributed by atoms with E-state index in [-0.39, 0.29) is 6.26 Å². The molecular weight excluding hydrogens is 221 g/mol. The predicted octanol–water partition coefficient (Wildman–Crippen LogP) is 3.33. The van der Waals surface area contributed by atoms with Crippen molar-refractivity contribution in [2.45, 2.75) is 25.1 Å². The fourth-order valence-electron chi connectivity index (χ4n) is 0.456. The van der Waals surface area contributed by atoms with E-state index in [1.807, 2.05) is 0 Å². The first-order chi connectivity index (χ1) is 6.06. The highest BCUT2D eigenvalue weighted by Crippen LogP contribution is 2.46. The summed E-state index contributed by atoms with van der Waals surface area (Å²) in [7, 11) is 0. The molecule has 0 saturated heterocycles. The molecular formula is C6H5F7O. The molecule has 84 valence electrons. The van der Waals surface area contributed by atoms with Gasteiger partial charge in [0.05, 0.1) is 6.26 Å². The highest BCUT2D eigenvalue weighted by atomic mass is 19.4. The molecule has 0 aliphatic carbocycles. The van der Waals surface area contributed by atoms with E-state index >= 15 is 0 Å². The third kappa shape index (κ3) is 2.30. The lowest BCUT2D eigenvalue weighted by atomic mass is 10.3. The van der Waals surface area contributed by atoms with Crippen LogP contribution in [0.25, 0.3) is 0 Å². The van der Waals surface area contributed by atoms with Gasteiger partial charge in [-0.25, -0.2) is 0 Å². The number of ether oxygens (including phenoxy) is 1. The standard InChI is InChI=1S/C6H5F7O/c1-2-3-14-4(7,5(8,9)10)6(11,12)13/h2-3H,1H3/b3-2-. The molecule has 8 heteroatoms. The molecule has 0 bridgehead atoms. The molecule has 0 heterocycles. The van der Waals surface area contributed by atoms with Gasteiger partial charge in [-0.15, -0.1) is 0 Å². The lowest BCUT2D eigenvalue weighted by molar-refractivity contribution is -0.417. The van der Waals surface area contributed by atoms with Gasteiger partial charge >= 0.3 is 18.2 Å². The Bertz CT molecular complexity index is 199. The molecule has 0 aliphatic rings. The summed E-state index contributed by atoms with van der Waals surface area (Å²) in [5.41, 5.74) is 0. The second-order valence-electron chi connectivity index (χ2n) is 2.18. The van der Waals surface area contributed by atoms with E-state index in [0.29, 0.717) is 6.08 Å². The van der Waals surface area contributed by atoms with Gasteiger partial charge in [0.15, 0.2) is 0 Å². The van der Waals surface area contributed by atoms with Gasteiger partial charge in [0, 0.05) is 0 Å². The van der Waals surface area contributed by atoms with Crippen LogP contribution in [0, 0.1) is 0 Å². The summed E-state index contributed by atoms with van der Waals surface area (Å²) in [5.74, 6) is -5.66. The van der Waals surface area contributed by atoms with E-state index in [9.17, 15) is 30.7 Å². The lowest BCUT2D eigenvalue weighted by Crippen LogP contribution is -2.54. The minimum atomic E-state index is -6.18. The maximum atomic E-state index is 12.5. The van der Waals surface area contributed by atoms with Crippen molar-refractivity contribution in [1.82, 2.24) is 0 Å². The quantitative estimate of drug-likeness (QED) is 0.518. The average molecular weight is 226 g/mol. The highest BCUT2D eigenvalue weighted by molar-refractivity contribution is 4.88. The molecule has 0 fully saturated rings. The van der Waals surface area contributed by atoms with Crippen LogP contribution in [0.1, 0.15) is 6.92 Å². The molecule has 0 atom stereocenters. The fraction of sp³-hybridized carbons (Fsp3) is 0.667. The molecule has 0 unspecified atom stereocenters. The van der Waals surface area contributed by atoms with Crippen molar-refractivity contribution in [3.63, 3.8) is 0 Å². The van der Waals surface area contributed by atoms with Gasteiger partial charge in [-0.1, -0.05) is 6.08 Å². The van der Waals surface area contributed by atoms with Crippen molar-refractivity contribution in [2.24, 2.45) is 0 Å². The molecule has 0 rings (SSSR count). The van der Waals surface area contributed by atoms with E-state index in [0.717, 1.165) is 6.92 Å². The Morgan fingerprint density at radius 1 is 0.857 bits per heavy atom. The summed E-state index contributed by atoms with van der Waals surface area (Å²) in [4.78, 5) is 0. The molecule has 0 saturated carbocycles. The van der Waals surface area contributed by atoms with E-state index in [1.165, 1.54) is 0 Å². The fourth-order valence-corrected chi connectivity index (χ4v) is 0.456. The summed E-state index contributed by atoms with van der Waals surface area (Å²) >= 11 is 0. The largest absolute Gasteiger partial charge is 0.470 e. The third-order valence-corrected chi connectivity index (χ3v) is 1.10. The maximum absolute atomic E-state index is 12.5. The zero-order valence-corrected chi connectivity index (χ0v) is 6.71. The Morgan fingerprint density at radius 3 is 1.43 bits per heavy atom. The minimum absolute atomic E-state index is 0.0129. The Morgan fingerprint density at radius 2 is 1.21 bits per heavy atom. The van der Waals surface area contributed by atoms with E-state index in [4.69, 9.17) is 0 Å². The monoisotopic (exact) mass is 226 g/mol. The maximum Gasteiger partial charge on any atom is 0.470 e. The minimum Gasteiger partial charge on any atom is -0.452 e. The highest BCUT2D eigenvalue weighted by Gasteiger charge is 2.75. The molecule has 14 heavy (non-hydrogen) atoms. The molecule has 1 nitrogen and oxygen atoms in total. The molecule has 0 aromatic carbocycles. The van der Waals surface area contributed by atoms with Gasteiger partial charge in [-0.3, -0.25) is 0 Å². The van der Waals surface area contributed by atoms with Crippen molar-refractivity contribution in [2.75, 3.05) is 0 Å². The van der Waals surface area contributed by atoms with Crippen LogP contribution in [0.2, 0.25) is 0 Å². The molecule has 0 amide bonds. The number of hydrogen-bond acceptors (Lipinski definition) is 1. The van der Waals surface area contributed by atoms with Crippen molar-refractivity contribution in [3.05, 3.63) is 12.3 Å². The zero-order chi connectivity index (χ0) is 11.6. The van der Waals surface area contributed by atoms with Gasteiger partial charge in [0.1, 0.15) is 0 Å². The van der Waals surface area contributed by atoms with Gasteiger partial charge < -0.3 is 4.74 Å². The molecule has 0 N–H and O–H groups in total. The zero-order valence-electron chi connectivity index (χ0n) is 6.71. The van der Waals surface area contributed by atoms with Crippen LogP contribution in [0.3, 0.4) is 0 Å². The van der Waals surface area contributed by atoms with Crippen LogP contribution in [-0.2, 0) is 4.74 Å². The first kappa shape index (κ1) is 13.0. The Labute approximate surface area is 74.1 Å². The number of hydrogen-bond donors (Lipinski definition) is 0. The van der Waals surface area contributed by atoms with Crippen LogP contribution < -0.4 is 0 Å². The SMILES string of the molecule is C/C=C\OC(F)(C(F)(F)F)C(F)(F)F. The Kier molecular flexibility index (Phi) is 3.41. The van der Waals surface area contributed by atoms with Crippen molar-refractivity contribution in [3.8, 4) is 0 Å². The lowest BCUT2D eigenvalue weighted by Gasteiger charge is -2.28. The van der Waals surface area contributed by atoms with E-state index < -0.39 is 18.2 Å². The summed E-state index contributed by atoms with van der Waals surface area (Å²) in [5, 5.41) is 0. The van der Waals surface area contributed by atoms with Crippen molar-refractivity contribution < 1.29 is 35.5 Å². The topological polar surface area (TPSA) is 9.23 Å². The van der Waals surface area contributed by atoms with E-state index in [1.54, 1.807) is 0 Å². The van der Waals surface area contributed by atoms with Crippen LogP contribution in [-0.4, -0.2) is 18.2 Å². The predicted molar refractivity (Wildman–Crippen MR) is 31.8 cm³/mol. The summed E-state index contributed by atoms with van der Waals surface area (Å²) in [6.45, 7) is 1.08. The second-order valence-corrected chi connectivity index (χ2v) is 2.18. The second kappa shape index (κ2) is 3.66.